The number of aromatic amines is 1. The van der Waals surface area contributed by atoms with Crippen LogP contribution < -0.4 is 9.46 Å². The predicted molar refractivity (Wildman–Crippen MR) is 87.8 cm³/mol. The Morgan fingerprint density at radius 1 is 1.13 bits per heavy atom. The van der Waals surface area contributed by atoms with E-state index in [1.807, 2.05) is 6.07 Å². The van der Waals surface area contributed by atoms with Crippen molar-refractivity contribution < 1.29 is 13.2 Å². The van der Waals surface area contributed by atoms with Crippen LogP contribution in [-0.4, -0.2) is 25.5 Å². The second-order valence-corrected chi connectivity index (χ2v) is 6.51. The Kier molecular flexibility index (Phi) is 4.03. The SMILES string of the molecule is COc1ccc(S(=O)(=O)Nc2cccc(-c3cnc[nH]3)c2)cc1. The number of sulfonamides is 1. The fourth-order valence-corrected chi connectivity index (χ4v) is 3.18. The summed E-state index contributed by atoms with van der Waals surface area (Å²) in [5.74, 6) is 0.602. The van der Waals surface area contributed by atoms with Crippen molar-refractivity contribution in [1.29, 1.82) is 0 Å². The first kappa shape index (κ1) is 15.1. The molecule has 0 aliphatic rings. The lowest BCUT2D eigenvalue weighted by molar-refractivity contribution is 0.414. The number of nitrogens with zero attached hydrogens (tertiary/aromatic N) is 1. The molecule has 0 unspecified atom stereocenters. The van der Waals surface area contributed by atoms with Gasteiger partial charge in [0.1, 0.15) is 5.75 Å². The molecular formula is C16H15N3O3S. The highest BCUT2D eigenvalue weighted by Gasteiger charge is 2.14. The number of benzene rings is 2. The van der Waals surface area contributed by atoms with Crippen molar-refractivity contribution in [2.75, 3.05) is 11.8 Å². The quantitative estimate of drug-likeness (QED) is 0.754. The van der Waals surface area contributed by atoms with Crippen LogP contribution in [-0.2, 0) is 10.0 Å². The van der Waals surface area contributed by atoms with E-state index in [0.717, 1.165) is 11.3 Å². The van der Waals surface area contributed by atoms with Gasteiger partial charge in [0.05, 0.1) is 30.2 Å². The van der Waals surface area contributed by atoms with Crippen molar-refractivity contribution in [2.24, 2.45) is 0 Å². The molecule has 0 saturated heterocycles. The van der Waals surface area contributed by atoms with Gasteiger partial charge in [-0.2, -0.15) is 0 Å². The van der Waals surface area contributed by atoms with Crippen LogP contribution in [0.2, 0.25) is 0 Å². The number of ether oxygens (including phenoxy) is 1. The first-order chi connectivity index (χ1) is 11.1. The van der Waals surface area contributed by atoms with Gasteiger partial charge in [-0.25, -0.2) is 13.4 Å². The molecule has 118 valence electrons. The minimum atomic E-state index is -3.66. The fraction of sp³-hybridized carbons (Fsp3) is 0.0625. The van der Waals surface area contributed by atoms with E-state index in [-0.39, 0.29) is 4.90 Å². The molecule has 0 atom stereocenters. The number of hydrogen-bond donors (Lipinski definition) is 2. The lowest BCUT2D eigenvalue weighted by Gasteiger charge is -2.09. The standard InChI is InChI=1S/C16H15N3O3S/c1-22-14-5-7-15(8-6-14)23(20,21)19-13-4-2-3-12(9-13)16-10-17-11-18-16/h2-11,19H,1H3,(H,17,18). The van der Waals surface area contributed by atoms with Crippen molar-refractivity contribution in [3.8, 4) is 17.0 Å². The summed E-state index contributed by atoms with van der Waals surface area (Å²) in [7, 11) is -2.12. The molecule has 23 heavy (non-hydrogen) atoms. The molecule has 0 fully saturated rings. The van der Waals surface area contributed by atoms with Gasteiger partial charge in [-0.15, -0.1) is 0 Å². The molecule has 0 aliphatic carbocycles. The van der Waals surface area contributed by atoms with E-state index >= 15 is 0 Å². The Balaban J connectivity index is 1.87. The van der Waals surface area contributed by atoms with Crippen LogP contribution in [0, 0.1) is 0 Å². The predicted octanol–water partition coefficient (Wildman–Crippen LogP) is 2.89. The summed E-state index contributed by atoms with van der Waals surface area (Å²) in [5, 5.41) is 0. The number of methoxy groups -OCH3 is 1. The third-order valence-corrected chi connectivity index (χ3v) is 4.69. The minimum Gasteiger partial charge on any atom is -0.497 e. The molecule has 3 rings (SSSR count). The first-order valence-electron chi connectivity index (χ1n) is 6.84. The molecule has 1 heterocycles. The van der Waals surface area contributed by atoms with Crippen LogP contribution >= 0.6 is 0 Å². The third kappa shape index (κ3) is 3.35. The molecule has 0 amide bonds. The summed E-state index contributed by atoms with van der Waals surface area (Å²) in [5.41, 5.74) is 2.14. The zero-order valence-corrected chi connectivity index (χ0v) is 13.2. The summed E-state index contributed by atoms with van der Waals surface area (Å²) < 4.78 is 32.5. The molecule has 2 N–H and O–H groups in total. The summed E-state index contributed by atoms with van der Waals surface area (Å²) >= 11 is 0. The van der Waals surface area contributed by atoms with Crippen molar-refractivity contribution in [2.45, 2.75) is 4.90 Å². The van der Waals surface area contributed by atoms with Gasteiger partial charge in [-0.3, -0.25) is 4.72 Å². The highest BCUT2D eigenvalue weighted by molar-refractivity contribution is 7.92. The van der Waals surface area contributed by atoms with Crippen LogP contribution in [0.3, 0.4) is 0 Å². The number of nitrogens with one attached hydrogen (secondary N) is 2. The molecular weight excluding hydrogens is 314 g/mol. The Morgan fingerprint density at radius 2 is 1.91 bits per heavy atom. The van der Waals surface area contributed by atoms with Gasteiger partial charge >= 0.3 is 0 Å². The molecule has 6 nitrogen and oxygen atoms in total. The Bertz CT molecular complexity index is 889. The van der Waals surface area contributed by atoms with E-state index < -0.39 is 10.0 Å². The monoisotopic (exact) mass is 329 g/mol. The number of H-pyrrole nitrogens is 1. The second-order valence-electron chi connectivity index (χ2n) is 4.83. The second kappa shape index (κ2) is 6.13. The van der Waals surface area contributed by atoms with E-state index in [2.05, 4.69) is 14.7 Å². The number of imidazole rings is 1. The van der Waals surface area contributed by atoms with Crippen molar-refractivity contribution in [3.05, 3.63) is 61.1 Å². The molecule has 0 spiro atoms. The van der Waals surface area contributed by atoms with E-state index in [4.69, 9.17) is 4.74 Å². The number of aromatic nitrogens is 2. The van der Waals surface area contributed by atoms with Gasteiger partial charge in [0.25, 0.3) is 10.0 Å². The van der Waals surface area contributed by atoms with Crippen LogP contribution in [0.25, 0.3) is 11.3 Å². The summed E-state index contributed by atoms with van der Waals surface area (Å²) in [6.45, 7) is 0. The van der Waals surface area contributed by atoms with Crippen molar-refractivity contribution in [3.63, 3.8) is 0 Å². The maximum Gasteiger partial charge on any atom is 0.261 e. The molecule has 3 aromatic rings. The Labute approximate surface area is 134 Å². The zero-order chi connectivity index (χ0) is 16.3. The Morgan fingerprint density at radius 3 is 2.57 bits per heavy atom. The normalized spacial score (nSPS) is 11.2. The summed E-state index contributed by atoms with van der Waals surface area (Å²) in [6, 6.07) is 13.3. The maximum atomic E-state index is 12.4. The van der Waals surface area contributed by atoms with Crippen LogP contribution in [0.15, 0.2) is 66.0 Å². The van der Waals surface area contributed by atoms with Crippen molar-refractivity contribution >= 4 is 15.7 Å². The molecule has 1 aromatic heterocycles. The van der Waals surface area contributed by atoms with E-state index in [1.54, 1.807) is 42.9 Å². The minimum absolute atomic E-state index is 0.172. The van der Waals surface area contributed by atoms with Gasteiger partial charge in [-0.1, -0.05) is 12.1 Å². The first-order valence-corrected chi connectivity index (χ1v) is 8.32. The molecule has 0 bridgehead atoms. The highest BCUT2D eigenvalue weighted by Crippen LogP contribution is 2.23. The largest absolute Gasteiger partial charge is 0.497 e. The van der Waals surface area contributed by atoms with E-state index in [1.165, 1.54) is 19.2 Å². The molecule has 0 radical (unpaired) electrons. The van der Waals surface area contributed by atoms with Gasteiger partial charge in [0.2, 0.25) is 0 Å². The summed E-state index contributed by atoms with van der Waals surface area (Å²) in [4.78, 5) is 7.12. The van der Waals surface area contributed by atoms with Crippen LogP contribution in [0.4, 0.5) is 5.69 Å². The molecule has 7 heteroatoms. The molecule has 2 aromatic carbocycles. The summed E-state index contributed by atoms with van der Waals surface area (Å²) in [6.07, 6.45) is 3.25. The fourth-order valence-electron chi connectivity index (χ4n) is 2.13. The van der Waals surface area contributed by atoms with E-state index in [0.29, 0.717) is 11.4 Å². The van der Waals surface area contributed by atoms with Gasteiger partial charge in [-0.05, 0) is 36.4 Å². The average molecular weight is 329 g/mol. The van der Waals surface area contributed by atoms with Gasteiger partial charge in [0, 0.05) is 11.3 Å². The smallest absolute Gasteiger partial charge is 0.261 e. The maximum absolute atomic E-state index is 12.4. The van der Waals surface area contributed by atoms with Crippen LogP contribution in [0.1, 0.15) is 0 Å². The Hall–Kier alpha value is -2.80. The van der Waals surface area contributed by atoms with Crippen molar-refractivity contribution in [1.82, 2.24) is 9.97 Å². The highest BCUT2D eigenvalue weighted by atomic mass is 32.2. The number of rotatable bonds is 5. The topological polar surface area (TPSA) is 84.1 Å². The lowest BCUT2D eigenvalue weighted by atomic mass is 10.1. The number of anilines is 1. The van der Waals surface area contributed by atoms with Gasteiger partial charge in [0.15, 0.2) is 0 Å². The van der Waals surface area contributed by atoms with E-state index in [9.17, 15) is 8.42 Å². The third-order valence-electron chi connectivity index (χ3n) is 3.29. The molecule has 0 aliphatic heterocycles. The zero-order valence-electron chi connectivity index (χ0n) is 12.4. The molecule has 0 saturated carbocycles. The van der Waals surface area contributed by atoms with Gasteiger partial charge < -0.3 is 9.72 Å². The van der Waals surface area contributed by atoms with Crippen LogP contribution in [0.5, 0.6) is 5.75 Å². The average Bonchev–Trinajstić information content (AvgIpc) is 3.09. The number of hydrogen-bond acceptors (Lipinski definition) is 4. The lowest BCUT2D eigenvalue weighted by Crippen LogP contribution is -2.12.